The van der Waals surface area contributed by atoms with Crippen LogP contribution in [0.5, 0.6) is 11.5 Å². The Morgan fingerprint density at radius 3 is 2.61 bits per heavy atom. The van der Waals surface area contributed by atoms with Gasteiger partial charge in [0.15, 0.2) is 16.7 Å². The number of amidine groups is 1. The molecule has 0 aliphatic carbocycles. The van der Waals surface area contributed by atoms with Gasteiger partial charge in [-0.15, -0.1) is 0 Å². The fourth-order valence-electron chi connectivity index (χ4n) is 3.14. The van der Waals surface area contributed by atoms with E-state index in [4.69, 9.17) is 21.1 Å². The molecule has 4 rings (SSSR count). The van der Waals surface area contributed by atoms with Crippen molar-refractivity contribution in [1.82, 2.24) is 5.32 Å². The van der Waals surface area contributed by atoms with Gasteiger partial charge in [-0.05, 0) is 72.6 Å². The highest BCUT2D eigenvalue weighted by Gasteiger charge is 2.24. The molecule has 1 heterocycles. The first-order valence-corrected chi connectivity index (χ1v) is 11.7. The number of amides is 1. The number of halogens is 1. The number of carbonyl (C=O) groups excluding carboxylic acids is 1. The standard InChI is InChI=1S/C26H23ClN2O3S/c1-3-31-23-13-19(10-12-22(23)32-16-18-7-5-4-6-8-18)14-24-25(30)29-26(33-24)28-20-11-9-17(2)21(27)15-20/h4-15H,3,16H2,1-2H3,(H,28,29,30)/b24-14-. The van der Waals surface area contributed by atoms with Gasteiger partial charge < -0.3 is 14.8 Å². The molecule has 168 valence electrons. The third-order valence-electron chi connectivity index (χ3n) is 4.84. The second-order valence-corrected chi connectivity index (χ2v) is 8.77. The number of benzene rings is 3. The molecule has 3 aromatic carbocycles. The highest BCUT2D eigenvalue weighted by molar-refractivity contribution is 8.18. The van der Waals surface area contributed by atoms with Gasteiger partial charge in [0.2, 0.25) is 0 Å². The first-order valence-electron chi connectivity index (χ1n) is 10.5. The molecule has 7 heteroatoms. The quantitative estimate of drug-likeness (QED) is 0.393. The molecule has 0 saturated carbocycles. The molecule has 0 radical (unpaired) electrons. The van der Waals surface area contributed by atoms with Crippen LogP contribution >= 0.6 is 23.4 Å². The highest BCUT2D eigenvalue weighted by Crippen LogP contribution is 2.33. The third kappa shape index (κ3) is 5.97. The lowest BCUT2D eigenvalue weighted by atomic mass is 10.2. The van der Waals surface area contributed by atoms with Crippen LogP contribution in [0.2, 0.25) is 5.02 Å². The Balaban J connectivity index is 1.51. The van der Waals surface area contributed by atoms with Gasteiger partial charge in [0.1, 0.15) is 6.61 Å². The zero-order valence-electron chi connectivity index (χ0n) is 18.3. The summed E-state index contributed by atoms with van der Waals surface area (Å²) >= 11 is 7.46. The van der Waals surface area contributed by atoms with Crippen molar-refractivity contribution in [1.29, 1.82) is 0 Å². The van der Waals surface area contributed by atoms with Crippen LogP contribution in [-0.4, -0.2) is 17.7 Å². The zero-order chi connectivity index (χ0) is 23.2. The molecular weight excluding hydrogens is 456 g/mol. The number of rotatable bonds is 7. The zero-order valence-corrected chi connectivity index (χ0v) is 19.9. The first-order chi connectivity index (χ1) is 16.0. The number of hydrogen-bond acceptors (Lipinski definition) is 5. The molecule has 0 bridgehead atoms. The average molecular weight is 479 g/mol. The lowest BCUT2D eigenvalue weighted by molar-refractivity contribution is -0.115. The van der Waals surface area contributed by atoms with Crippen LogP contribution in [0.25, 0.3) is 6.08 Å². The second kappa shape index (κ2) is 10.6. The molecule has 1 aliphatic heterocycles. The van der Waals surface area contributed by atoms with Crippen molar-refractivity contribution in [2.75, 3.05) is 6.61 Å². The fourth-order valence-corrected chi connectivity index (χ4v) is 4.15. The molecule has 1 aliphatic rings. The van der Waals surface area contributed by atoms with E-state index in [-0.39, 0.29) is 5.91 Å². The third-order valence-corrected chi connectivity index (χ3v) is 6.16. The van der Waals surface area contributed by atoms with Gasteiger partial charge in [0.25, 0.3) is 5.91 Å². The first kappa shape index (κ1) is 23.0. The lowest BCUT2D eigenvalue weighted by Gasteiger charge is -2.13. The van der Waals surface area contributed by atoms with Crippen molar-refractivity contribution >= 4 is 46.2 Å². The topological polar surface area (TPSA) is 59.9 Å². The fraction of sp³-hybridized carbons (Fsp3) is 0.154. The summed E-state index contributed by atoms with van der Waals surface area (Å²) in [5.74, 6) is 1.10. The maximum atomic E-state index is 12.5. The number of ether oxygens (including phenoxy) is 2. The van der Waals surface area contributed by atoms with Crippen molar-refractivity contribution in [2.24, 2.45) is 4.99 Å². The number of nitrogens with one attached hydrogen (secondary N) is 1. The summed E-state index contributed by atoms with van der Waals surface area (Å²) in [4.78, 5) is 17.5. The maximum absolute atomic E-state index is 12.5. The molecule has 0 spiro atoms. The summed E-state index contributed by atoms with van der Waals surface area (Å²) in [6.45, 7) is 4.81. The molecule has 1 fully saturated rings. The number of hydrogen-bond donors (Lipinski definition) is 1. The number of thioether (sulfide) groups is 1. The highest BCUT2D eigenvalue weighted by atomic mass is 35.5. The van der Waals surface area contributed by atoms with Gasteiger partial charge in [-0.2, -0.15) is 0 Å². The van der Waals surface area contributed by atoms with Crippen molar-refractivity contribution < 1.29 is 14.3 Å². The predicted molar refractivity (Wildman–Crippen MR) is 135 cm³/mol. The number of aliphatic imine (C=N–C) groups is 1. The van der Waals surface area contributed by atoms with Gasteiger partial charge >= 0.3 is 0 Å². The smallest absolute Gasteiger partial charge is 0.264 e. The van der Waals surface area contributed by atoms with Gasteiger partial charge in [0.05, 0.1) is 17.2 Å². The summed E-state index contributed by atoms with van der Waals surface area (Å²) in [6.07, 6.45) is 1.81. The molecule has 1 N–H and O–H groups in total. The van der Waals surface area contributed by atoms with Crippen LogP contribution < -0.4 is 14.8 Å². The molecule has 3 aromatic rings. The Morgan fingerprint density at radius 2 is 1.85 bits per heavy atom. The second-order valence-electron chi connectivity index (χ2n) is 7.33. The molecule has 5 nitrogen and oxygen atoms in total. The SMILES string of the molecule is CCOc1cc(/C=C2\SC(=Nc3ccc(C)c(Cl)c3)NC2=O)ccc1OCc1ccccc1. The van der Waals surface area contributed by atoms with E-state index in [0.29, 0.717) is 45.5 Å². The lowest BCUT2D eigenvalue weighted by Crippen LogP contribution is -2.19. The van der Waals surface area contributed by atoms with Crippen LogP contribution in [0, 0.1) is 6.92 Å². The van der Waals surface area contributed by atoms with E-state index in [0.717, 1.165) is 16.7 Å². The summed E-state index contributed by atoms with van der Waals surface area (Å²) in [6, 6.07) is 21.1. The Morgan fingerprint density at radius 1 is 1.03 bits per heavy atom. The molecule has 1 amide bonds. The van der Waals surface area contributed by atoms with Gasteiger partial charge in [-0.25, -0.2) is 4.99 Å². The summed E-state index contributed by atoms with van der Waals surface area (Å²) < 4.78 is 11.7. The van der Waals surface area contributed by atoms with Crippen LogP contribution in [0.3, 0.4) is 0 Å². The average Bonchev–Trinajstić information content (AvgIpc) is 3.15. The van der Waals surface area contributed by atoms with Gasteiger partial charge in [-0.3, -0.25) is 4.79 Å². The van der Waals surface area contributed by atoms with E-state index in [2.05, 4.69) is 10.3 Å². The maximum Gasteiger partial charge on any atom is 0.264 e. The van der Waals surface area contributed by atoms with Crippen LogP contribution in [0.15, 0.2) is 76.6 Å². The summed E-state index contributed by atoms with van der Waals surface area (Å²) in [7, 11) is 0. The largest absolute Gasteiger partial charge is 0.490 e. The van der Waals surface area contributed by atoms with E-state index in [1.54, 1.807) is 6.07 Å². The van der Waals surface area contributed by atoms with E-state index in [1.807, 2.05) is 80.6 Å². The Kier molecular flexibility index (Phi) is 7.37. The molecule has 0 aromatic heterocycles. The van der Waals surface area contributed by atoms with E-state index in [9.17, 15) is 4.79 Å². The van der Waals surface area contributed by atoms with E-state index >= 15 is 0 Å². The van der Waals surface area contributed by atoms with Crippen molar-refractivity contribution in [2.45, 2.75) is 20.5 Å². The Bertz CT molecular complexity index is 1230. The minimum atomic E-state index is -0.195. The molecular formula is C26H23ClN2O3S. The summed E-state index contributed by atoms with van der Waals surface area (Å²) in [5.41, 5.74) is 3.58. The van der Waals surface area contributed by atoms with E-state index < -0.39 is 0 Å². The molecule has 33 heavy (non-hydrogen) atoms. The molecule has 1 saturated heterocycles. The monoisotopic (exact) mass is 478 g/mol. The van der Waals surface area contributed by atoms with Crippen LogP contribution in [0.1, 0.15) is 23.6 Å². The minimum absolute atomic E-state index is 0.195. The Hall–Kier alpha value is -3.22. The molecule has 0 atom stereocenters. The normalized spacial score (nSPS) is 15.7. The Labute approximate surface area is 202 Å². The van der Waals surface area contributed by atoms with Crippen molar-refractivity contribution in [3.05, 3.63) is 93.3 Å². The van der Waals surface area contributed by atoms with Crippen molar-refractivity contribution in [3.8, 4) is 11.5 Å². The molecule has 0 unspecified atom stereocenters. The van der Waals surface area contributed by atoms with Crippen molar-refractivity contribution in [3.63, 3.8) is 0 Å². The number of carbonyl (C=O) groups is 1. The van der Waals surface area contributed by atoms with Gasteiger partial charge in [-0.1, -0.05) is 54.1 Å². The number of nitrogens with zero attached hydrogens (tertiary/aromatic N) is 1. The summed E-state index contributed by atoms with van der Waals surface area (Å²) in [5, 5.41) is 3.95. The van der Waals surface area contributed by atoms with Crippen LogP contribution in [-0.2, 0) is 11.4 Å². The van der Waals surface area contributed by atoms with Gasteiger partial charge in [0, 0.05) is 5.02 Å². The van der Waals surface area contributed by atoms with Crippen LogP contribution in [0.4, 0.5) is 5.69 Å². The predicted octanol–water partition coefficient (Wildman–Crippen LogP) is 6.52. The van der Waals surface area contributed by atoms with E-state index in [1.165, 1.54) is 11.8 Å². The number of aryl methyl sites for hydroxylation is 1. The minimum Gasteiger partial charge on any atom is -0.490 e.